The standard InChI is InChI=1S/C13H16N4O2/c14-11(7-6-10-4-2-1-3-5-10)13(18)15-8-12-16-9-19-17-12/h1-5,9,11H,6-8,14H2,(H,15,18)/t11-/m0/s1. The van der Waals surface area contributed by atoms with Gasteiger partial charge in [0.05, 0.1) is 12.6 Å². The molecule has 1 aromatic carbocycles. The molecule has 0 radical (unpaired) electrons. The van der Waals surface area contributed by atoms with Crippen LogP contribution in [-0.2, 0) is 17.8 Å². The summed E-state index contributed by atoms with van der Waals surface area (Å²) in [6, 6.07) is 9.40. The maximum Gasteiger partial charge on any atom is 0.237 e. The van der Waals surface area contributed by atoms with E-state index in [1.807, 2.05) is 30.3 Å². The van der Waals surface area contributed by atoms with Gasteiger partial charge in [0.15, 0.2) is 5.82 Å². The average molecular weight is 260 g/mol. The van der Waals surface area contributed by atoms with E-state index in [-0.39, 0.29) is 12.5 Å². The van der Waals surface area contributed by atoms with Crippen molar-refractivity contribution in [3.8, 4) is 0 Å². The molecule has 0 fully saturated rings. The number of nitrogens with zero attached hydrogens (tertiary/aromatic N) is 2. The largest absolute Gasteiger partial charge is 0.347 e. The van der Waals surface area contributed by atoms with Gasteiger partial charge in [-0.2, -0.15) is 4.98 Å². The quantitative estimate of drug-likeness (QED) is 0.795. The van der Waals surface area contributed by atoms with Crippen LogP contribution in [0.4, 0.5) is 0 Å². The minimum absolute atomic E-state index is 0.208. The van der Waals surface area contributed by atoms with Crippen molar-refractivity contribution < 1.29 is 9.32 Å². The summed E-state index contributed by atoms with van der Waals surface area (Å²) in [6.45, 7) is 0.231. The number of hydrogen-bond acceptors (Lipinski definition) is 5. The second-order valence-electron chi connectivity index (χ2n) is 4.20. The number of rotatable bonds is 6. The number of aromatic nitrogens is 2. The van der Waals surface area contributed by atoms with Gasteiger partial charge in [-0.05, 0) is 18.4 Å². The molecule has 1 atom stereocenters. The molecule has 2 aromatic rings. The van der Waals surface area contributed by atoms with Crippen LogP contribution in [0, 0.1) is 0 Å². The molecule has 0 saturated carbocycles. The summed E-state index contributed by atoms with van der Waals surface area (Å²) in [5.41, 5.74) is 7.00. The third kappa shape index (κ3) is 4.18. The van der Waals surface area contributed by atoms with Gasteiger partial charge < -0.3 is 15.6 Å². The zero-order chi connectivity index (χ0) is 13.5. The van der Waals surface area contributed by atoms with Gasteiger partial charge >= 0.3 is 0 Å². The van der Waals surface area contributed by atoms with Gasteiger partial charge in [0.2, 0.25) is 12.3 Å². The Morgan fingerprint density at radius 3 is 2.84 bits per heavy atom. The molecular formula is C13H16N4O2. The van der Waals surface area contributed by atoms with E-state index in [1.165, 1.54) is 12.0 Å². The summed E-state index contributed by atoms with van der Waals surface area (Å²) in [5, 5.41) is 6.27. The van der Waals surface area contributed by atoms with Crippen LogP contribution < -0.4 is 11.1 Å². The van der Waals surface area contributed by atoms with Crippen molar-refractivity contribution in [1.29, 1.82) is 0 Å². The summed E-state index contributed by atoms with van der Waals surface area (Å²) in [4.78, 5) is 15.5. The molecule has 0 aliphatic heterocycles. The third-order valence-corrected chi connectivity index (χ3v) is 2.75. The first-order valence-corrected chi connectivity index (χ1v) is 6.08. The van der Waals surface area contributed by atoms with Crippen LogP contribution in [0.15, 0.2) is 41.2 Å². The molecule has 1 amide bonds. The normalized spacial score (nSPS) is 12.1. The highest BCUT2D eigenvalue weighted by Crippen LogP contribution is 2.04. The minimum atomic E-state index is -0.535. The van der Waals surface area contributed by atoms with E-state index in [4.69, 9.17) is 5.73 Å². The second-order valence-corrected chi connectivity index (χ2v) is 4.20. The van der Waals surface area contributed by atoms with Crippen molar-refractivity contribution in [3.63, 3.8) is 0 Å². The molecule has 1 heterocycles. The van der Waals surface area contributed by atoms with Crippen LogP contribution in [-0.4, -0.2) is 22.1 Å². The molecule has 1 aromatic heterocycles. The SMILES string of the molecule is N[C@@H](CCc1ccccc1)C(=O)NCc1ncon1. The van der Waals surface area contributed by atoms with Crippen LogP contribution >= 0.6 is 0 Å². The Kier molecular flexibility index (Phi) is 4.63. The summed E-state index contributed by atoms with van der Waals surface area (Å²) in [7, 11) is 0. The van der Waals surface area contributed by atoms with Gasteiger partial charge in [-0.15, -0.1) is 0 Å². The Hall–Kier alpha value is -2.21. The van der Waals surface area contributed by atoms with Crippen molar-refractivity contribution in [1.82, 2.24) is 15.5 Å². The Morgan fingerprint density at radius 2 is 2.16 bits per heavy atom. The van der Waals surface area contributed by atoms with E-state index < -0.39 is 6.04 Å². The lowest BCUT2D eigenvalue weighted by molar-refractivity contribution is -0.122. The highest BCUT2D eigenvalue weighted by atomic mass is 16.5. The number of aryl methyl sites for hydroxylation is 1. The highest BCUT2D eigenvalue weighted by Gasteiger charge is 2.13. The van der Waals surface area contributed by atoms with Crippen LogP contribution in [0.1, 0.15) is 17.8 Å². The molecule has 0 bridgehead atoms. The van der Waals surface area contributed by atoms with Gasteiger partial charge in [0.25, 0.3) is 0 Å². The van der Waals surface area contributed by atoms with Crippen molar-refractivity contribution >= 4 is 5.91 Å². The summed E-state index contributed by atoms with van der Waals surface area (Å²) in [5.74, 6) is 0.226. The van der Waals surface area contributed by atoms with Crippen molar-refractivity contribution in [2.45, 2.75) is 25.4 Å². The predicted molar refractivity (Wildman–Crippen MR) is 68.9 cm³/mol. The van der Waals surface area contributed by atoms with Crippen LogP contribution in [0.3, 0.4) is 0 Å². The molecule has 19 heavy (non-hydrogen) atoms. The Balaban J connectivity index is 1.73. The topological polar surface area (TPSA) is 94.0 Å². The number of hydrogen-bond donors (Lipinski definition) is 2. The number of amides is 1. The van der Waals surface area contributed by atoms with Gasteiger partial charge in [-0.3, -0.25) is 4.79 Å². The molecule has 0 aliphatic rings. The van der Waals surface area contributed by atoms with E-state index in [0.29, 0.717) is 12.2 Å². The van der Waals surface area contributed by atoms with Gasteiger partial charge in [0.1, 0.15) is 0 Å². The Labute approximate surface area is 111 Å². The van der Waals surface area contributed by atoms with E-state index in [0.717, 1.165) is 6.42 Å². The lowest BCUT2D eigenvalue weighted by atomic mass is 10.1. The molecular weight excluding hydrogens is 244 g/mol. The number of nitrogens with two attached hydrogens (primary N) is 1. The summed E-state index contributed by atoms with van der Waals surface area (Å²) < 4.78 is 4.57. The van der Waals surface area contributed by atoms with Crippen molar-refractivity contribution in [2.75, 3.05) is 0 Å². The molecule has 0 aliphatic carbocycles. The van der Waals surface area contributed by atoms with Crippen molar-refractivity contribution in [2.24, 2.45) is 5.73 Å². The number of carbonyl (C=O) groups is 1. The molecule has 6 heteroatoms. The van der Waals surface area contributed by atoms with Crippen molar-refractivity contribution in [3.05, 3.63) is 48.1 Å². The second kappa shape index (κ2) is 6.65. The maximum absolute atomic E-state index is 11.7. The minimum Gasteiger partial charge on any atom is -0.347 e. The molecule has 100 valence electrons. The maximum atomic E-state index is 11.7. The van der Waals surface area contributed by atoms with Gasteiger partial charge in [-0.1, -0.05) is 35.5 Å². The lowest BCUT2D eigenvalue weighted by Gasteiger charge is -2.11. The van der Waals surface area contributed by atoms with E-state index in [1.54, 1.807) is 0 Å². The van der Waals surface area contributed by atoms with E-state index in [2.05, 4.69) is 20.0 Å². The third-order valence-electron chi connectivity index (χ3n) is 2.75. The van der Waals surface area contributed by atoms with E-state index in [9.17, 15) is 4.79 Å². The lowest BCUT2D eigenvalue weighted by Crippen LogP contribution is -2.40. The smallest absolute Gasteiger partial charge is 0.237 e. The van der Waals surface area contributed by atoms with Crippen LogP contribution in [0.2, 0.25) is 0 Å². The van der Waals surface area contributed by atoms with Crippen LogP contribution in [0.5, 0.6) is 0 Å². The first-order chi connectivity index (χ1) is 9.25. The molecule has 2 rings (SSSR count). The van der Waals surface area contributed by atoms with E-state index >= 15 is 0 Å². The summed E-state index contributed by atoms with van der Waals surface area (Å²) >= 11 is 0. The predicted octanol–water partition coefficient (Wildman–Crippen LogP) is 0.646. The number of nitrogens with one attached hydrogen (secondary N) is 1. The summed E-state index contributed by atoms with van der Waals surface area (Å²) in [6.07, 6.45) is 2.59. The van der Waals surface area contributed by atoms with Gasteiger partial charge in [0, 0.05) is 0 Å². The van der Waals surface area contributed by atoms with Gasteiger partial charge in [-0.25, -0.2) is 0 Å². The highest BCUT2D eigenvalue weighted by molar-refractivity contribution is 5.81. The fourth-order valence-electron chi connectivity index (χ4n) is 1.67. The molecule has 6 nitrogen and oxygen atoms in total. The molecule has 0 unspecified atom stereocenters. The fourth-order valence-corrected chi connectivity index (χ4v) is 1.67. The first kappa shape index (κ1) is 13.2. The first-order valence-electron chi connectivity index (χ1n) is 6.08. The molecule has 3 N–H and O–H groups in total. The Morgan fingerprint density at radius 1 is 1.37 bits per heavy atom. The average Bonchev–Trinajstić information content (AvgIpc) is 2.96. The van der Waals surface area contributed by atoms with Crippen LogP contribution in [0.25, 0.3) is 0 Å². The zero-order valence-corrected chi connectivity index (χ0v) is 10.5. The zero-order valence-electron chi connectivity index (χ0n) is 10.5. The monoisotopic (exact) mass is 260 g/mol. The Bertz CT molecular complexity index is 499. The number of carbonyl (C=O) groups excluding carboxylic acids is 1. The molecule has 0 spiro atoms. The number of benzene rings is 1. The molecule has 0 saturated heterocycles. The fraction of sp³-hybridized carbons (Fsp3) is 0.308.